The largest absolute Gasteiger partial charge is 0.311 e. The fourth-order valence-corrected chi connectivity index (χ4v) is 26.8. The minimum Gasteiger partial charge on any atom is -0.311 e. The van der Waals surface area contributed by atoms with Crippen molar-refractivity contribution in [3.63, 3.8) is 0 Å². The SMILES string of the molecule is CCCCCCCCC1(CCCCCCCC)c2cc(-c3ccc(N(c4ccccc4)c4ccccc4)cc3)ccc2-c2ccc(-c3ccc4c(c3)C(CCCCCCCC)(CCCCCCCC)c3cc(-c5ccc6c(c5)S(=O)(=O)c5cc(-c7ccc8c(c7)C(CCCCCCCC)(CCCCCCCC)c7cc(-c9ccc(N(c%10ccccc%10)c%10ccccc%10)cc9)ccc7-8)ccc5-6)ccc3-4)cc21. The summed E-state index contributed by atoms with van der Waals surface area (Å²) in [6.45, 7) is 14.0. The zero-order chi connectivity index (χ0) is 96.1. The second-order valence-electron chi connectivity index (χ2n) is 41.9. The molecule has 0 N–H and O–H groups in total. The first-order valence-corrected chi connectivity index (χ1v) is 56.9. The van der Waals surface area contributed by atoms with Crippen molar-refractivity contribution < 1.29 is 8.42 Å². The van der Waals surface area contributed by atoms with Gasteiger partial charge in [0.2, 0.25) is 9.84 Å². The summed E-state index contributed by atoms with van der Waals surface area (Å²) < 4.78 is 31.9. The lowest BCUT2D eigenvalue weighted by atomic mass is 9.69. The molecule has 4 aliphatic rings. The van der Waals surface area contributed by atoms with Crippen molar-refractivity contribution in [1.29, 1.82) is 0 Å². The molecule has 0 bridgehead atoms. The highest BCUT2D eigenvalue weighted by Crippen LogP contribution is 2.61. The van der Waals surface area contributed by atoms with Gasteiger partial charge in [-0.05, 0) is 282 Å². The van der Waals surface area contributed by atoms with E-state index in [0.717, 1.165) is 132 Å². The third-order valence-corrected chi connectivity index (χ3v) is 34.5. The van der Waals surface area contributed by atoms with E-state index in [9.17, 15) is 0 Å². The summed E-state index contributed by atoms with van der Waals surface area (Å²) in [6.07, 6.45) is 51.6. The minimum absolute atomic E-state index is 0.139. The Bertz CT molecular complexity index is 6420. The van der Waals surface area contributed by atoms with E-state index in [4.69, 9.17) is 0 Å². The van der Waals surface area contributed by atoms with E-state index in [2.05, 4.69) is 355 Å². The molecular formula is C135H154N2O2S. The van der Waals surface area contributed by atoms with E-state index in [1.165, 1.54) is 306 Å². The average Bonchev–Trinajstić information content (AvgIpc) is 1.56. The molecule has 0 saturated carbocycles. The van der Waals surface area contributed by atoms with E-state index >= 15 is 8.42 Å². The fourth-order valence-electron chi connectivity index (χ4n) is 25.0. The van der Waals surface area contributed by atoms with Gasteiger partial charge in [-0.1, -0.05) is 467 Å². The summed E-state index contributed by atoms with van der Waals surface area (Å²) >= 11 is 0. The van der Waals surface area contributed by atoms with Crippen LogP contribution in [-0.2, 0) is 26.1 Å². The lowest BCUT2D eigenvalue weighted by Crippen LogP contribution is -2.26. The van der Waals surface area contributed by atoms with Crippen LogP contribution in [0.1, 0.15) is 345 Å². The van der Waals surface area contributed by atoms with Gasteiger partial charge in [-0.25, -0.2) is 8.42 Å². The lowest BCUT2D eigenvalue weighted by Gasteiger charge is -2.34. The van der Waals surface area contributed by atoms with Crippen LogP contribution in [0.4, 0.5) is 34.1 Å². The maximum Gasteiger partial charge on any atom is 0.207 e. The quantitative estimate of drug-likeness (QED) is 0.0356. The minimum atomic E-state index is -3.95. The van der Waals surface area contributed by atoms with E-state index in [1.807, 2.05) is 12.1 Å². The predicted octanol–water partition coefficient (Wildman–Crippen LogP) is 41.1. The highest BCUT2D eigenvalue weighted by atomic mass is 32.2. The van der Waals surface area contributed by atoms with Crippen LogP contribution in [0.2, 0.25) is 0 Å². The van der Waals surface area contributed by atoms with Gasteiger partial charge in [0.15, 0.2) is 0 Å². The number of para-hydroxylation sites is 4. The van der Waals surface area contributed by atoms with E-state index in [1.54, 1.807) is 0 Å². The molecule has 0 spiro atoms. The third kappa shape index (κ3) is 21.3. The summed E-state index contributed by atoms with van der Waals surface area (Å²) in [7, 11) is -3.95. The smallest absolute Gasteiger partial charge is 0.207 e. The number of benzene rings is 14. The Hall–Kier alpha value is -11.4. The highest BCUT2D eigenvalue weighted by Gasteiger charge is 2.47. The molecule has 3 aliphatic carbocycles. The standard InChI is InChI=1S/C135H154N2O2S/c1-7-13-19-25-31-49-87-133(88-50-32-26-20-14-8-2)125-93-103(101-63-75-115(76-64-101)136(111-55-41-37-42-56-111)112-57-43-38-44-58-112)67-79-117(125)119-81-69-105(95-127(119)133)106-70-82-120-122-84-72-108(98-130(122)135(128(120)96-106,91-53-35-29-23-17-11-5)92-54-36-30-24-18-12-6)110-74-86-124-123-85-73-109(99-131(123)140(138,139)132(124)100-110)107-71-83-121-118-80-68-104(102-65-77-116(78-66-102)137(113-59-45-39-46-60-113)114-61-47-40-48-62-114)94-126(118)134(129(121)97-107,89-51-33-27-21-15-9-3)90-52-34-28-22-16-10-4/h37-48,55-86,93-100H,7-36,49-54,87-92H2,1-6H3. The molecule has 0 aromatic heterocycles. The molecule has 14 aromatic rings. The van der Waals surface area contributed by atoms with Gasteiger partial charge in [0.1, 0.15) is 0 Å². The molecule has 4 nitrogen and oxygen atoms in total. The molecule has 0 atom stereocenters. The van der Waals surface area contributed by atoms with E-state index < -0.39 is 9.84 Å². The Morgan fingerprint density at radius 2 is 0.336 bits per heavy atom. The number of rotatable bonds is 53. The maximum atomic E-state index is 15.9. The molecular weight excluding hydrogens is 1710 g/mol. The van der Waals surface area contributed by atoms with Gasteiger partial charge in [-0.2, -0.15) is 0 Å². The molecule has 0 fully saturated rings. The zero-order valence-electron chi connectivity index (χ0n) is 85.3. The molecule has 140 heavy (non-hydrogen) atoms. The topological polar surface area (TPSA) is 40.6 Å². The molecule has 0 saturated heterocycles. The summed E-state index contributed by atoms with van der Waals surface area (Å²) in [5.41, 5.74) is 36.6. The molecule has 1 heterocycles. The Morgan fingerprint density at radius 1 is 0.171 bits per heavy atom. The van der Waals surface area contributed by atoms with Crippen LogP contribution in [0.3, 0.4) is 0 Å². The highest BCUT2D eigenvalue weighted by molar-refractivity contribution is 7.92. The maximum absolute atomic E-state index is 15.9. The van der Waals surface area contributed by atoms with Crippen LogP contribution in [-0.4, -0.2) is 8.42 Å². The van der Waals surface area contributed by atoms with Crippen LogP contribution < -0.4 is 9.80 Å². The number of fused-ring (bicyclic) bond motifs is 12. The van der Waals surface area contributed by atoms with Crippen LogP contribution in [0, 0.1) is 0 Å². The Morgan fingerprint density at radius 3 is 0.543 bits per heavy atom. The first-order chi connectivity index (χ1) is 68.9. The number of nitrogens with zero attached hydrogens (tertiary/aromatic N) is 2. The molecule has 722 valence electrons. The van der Waals surface area contributed by atoms with Gasteiger partial charge < -0.3 is 9.80 Å². The molecule has 5 heteroatoms. The van der Waals surface area contributed by atoms with Gasteiger partial charge in [0, 0.05) is 61.5 Å². The lowest BCUT2D eigenvalue weighted by molar-refractivity contribution is 0.397. The Kier molecular flexibility index (Phi) is 33.2. The predicted molar refractivity (Wildman–Crippen MR) is 600 cm³/mol. The van der Waals surface area contributed by atoms with Gasteiger partial charge >= 0.3 is 0 Å². The van der Waals surface area contributed by atoms with Crippen LogP contribution in [0.25, 0.3) is 100 Å². The molecule has 1 aliphatic heterocycles. The summed E-state index contributed by atoms with van der Waals surface area (Å²) in [4.78, 5) is 5.55. The van der Waals surface area contributed by atoms with Gasteiger partial charge in [0.05, 0.1) is 9.79 Å². The van der Waals surface area contributed by atoms with Crippen molar-refractivity contribution in [2.75, 3.05) is 9.80 Å². The van der Waals surface area contributed by atoms with Crippen molar-refractivity contribution in [3.8, 4) is 100 Å². The monoisotopic (exact) mass is 1870 g/mol. The van der Waals surface area contributed by atoms with Gasteiger partial charge in [0.25, 0.3) is 0 Å². The molecule has 0 amide bonds. The van der Waals surface area contributed by atoms with Gasteiger partial charge in [-0.3, -0.25) is 0 Å². The number of hydrogen-bond donors (Lipinski definition) is 0. The summed E-state index contributed by atoms with van der Waals surface area (Å²) in [5.74, 6) is 0. The fraction of sp³-hybridized carbons (Fsp3) is 0.378. The third-order valence-electron chi connectivity index (χ3n) is 32.6. The van der Waals surface area contributed by atoms with Crippen molar-refractivity contribution in [1.82, 2.24) is 0 Å². The average molecular weight is 1870 g/mol. The van der Waals surface area contributed by atoms with Crippen LogP contribution in [0.5, 0.6) is 0 Å². The first kappa shape index (κ1) is 98.8. The summed E-state index contributed by atoms with van der Waals surface area (Å²) in [5, 5.41) is 0. The van der Waals surface area contributed by atoms with Crippen molar-refractivity contribution in [2.45, 2.75) is 337 Å². The van der Waals surface area contributed by atoms with E-state index in [0.29, 0.717) is 9.79 Å². The Labute approximate surface area is 842 Å². The van der Waals surface area contributed by atoms with Crippen molar-refractivity contribution >= 4 is 44.0 Å². The van der Waals surface area contributed by atoms with Crippen molar-refractivity contribution in [3.05, 3.63) is 349 Å². The molecule has 14 aromatic carbocycles. The van der Waals surface area contributed by atoms with Crippen LogP contribution in [0.15, 0.2) is 325 Å². The zero-order valence-corrected chi connectivity index (χ0v) is 86.2. The van der Waals surface area contributed by atoms with E-state index in [-0.39, 0.29) is 16.2 Å². The second-order valence-corrected chi connectivity index (χ2v) is 43.8. The number of unbranched alkanes of at least 4 members (excludes halogenated alkanes) is 30. The second kappa shape index (κ2) is 47.0. The normalized spacial score (nSPS) is 13.8. The number of sulfone groups is 1. The Balaban J connectivity index is 0.684. The number of anilines is 6. The van der Waals surface area contributed by atoms with Crippen molar-refractivity contribution in [2.24, 2.45) is 0 Å². The molecule has 0 unspecified atom stereocenters. The van der Waals surface area contributed by atoms with Crippen LogP contribution >= 0.6 is 0 Å². The van der Waals surface area contributed by atoms with Gasteiger partial charge in [-0.15, -0.1) is 0 Å². The molecule has 18 rings (SSSR count). The first-order valence-electron chi connectivity index (χ1n) is 55.4. The summed E-state index contributed by atoms with van der Waals surface area (Å²) in [6, 6.07) is 119. The number of hydrogen-bond acceptors (Lipinski definition) is 4. The molecule has 0 radical (unpaired) electrons.